The first-order valence-corrected chi connectivity index (χ1v) is 5.78. The summed E-state index contributed by atoms with van der Waals surface area (Å²) in [5, 5.41) is 2.59. The molecule has 106 valence electrons. The Morgan fingerprint density at radius 3 is 2.45 bits per heavy atom. The van der Waals surface area contributed by atoms with Gasteiger partial charge in [-0.25, -0.2) is 14.4 Å². The van der Waals surface area contributed by atoms with Gasteiger partial charge in [0.25, 0.3) is 0 Å². The number of nitrogens with one attached hydrogen (secondary N) is 1. The first-order valence-electron chi connectivity index (χ1n) is 5.40. The summed E-state index contributed by atoms with van der Waals surface area (Å²) in [5.74, 6) is -1.11. The van der Waals surface area contributed by atoms with Gasteiger partial charge in [0.1, 0.15) is 11.6 Å². The molecule has 1 aromatic carbocycles. The maximum atomic E-state index is 13.1. The number of hydrogen-bond donors (Lipinski definition) is 1. The third-order valence-electron chi connectivity index (χ3n) is 2.37. The van der Waals surface area contributed by atoms with E-state index >= 15 is 0 Å². The Bertz CT molecular complexity index is 623. The highest BCUT2D eigenvalue weighted by molar-refractivity contribution is 6.28. The third-order valence-corrected chi connectivity index (χ3v) is 2.54. The van der Waals surface area contributed by atoms with Gasteiger partial charge in [-0.05, 0) is 36.7 Å². The summed E-state index contributed by atoms with van der Waals surface area (Å²) in [6, 6.07) is 4.08. The van der Waals surface area contributed by atoms with Crippen LogP contribution >= 0.6 is 11.6 Å². The van der Waals surface area contributed by atoms with Crippen LogP contribution in [0.3, 0.4) is 0 Å². The van der Waals surface area contributed by atoms with Crippen LogP contribution in [0.4, 0.5) is 29.1 Å². The van der Waals surface area contributed by atoms with Crippen LogP contribution in [0, 0.1) is 12.7 Å². The molecule has 2 rings (SSSR count). The number of aryl methyl sites for hydroxylation is 1. The third kappa shape index (κ3) is 3.36. The molecule has 0 aliphatic carbocycles. The summed E-state index contributed by atoms with van der Waals surface area (Å²) in [6.07, 6.45) is -4.76. The van der Waals surface area contributed by atoms with Crippen LogP contribution in [-0.2, 0) is 6.18 Å². The van der Waals surface area contributed by atoms with Crippen molar-refractivity contribution in [3.05, 3.63) is 46.6 Å². The minimum Gasteiger partial charge on any atom is -0.340 e. The molecule has 2 aromatic rings. The highest BCUT2D eigenvalue weighted by atomic mass is 35.5. The Hall–Kier alpha value is -1.89. The van der Waals surface area contributed by atoms with Gasteiger partial charge in [-0.15, -0.1) is 0 Å². The quantitative estimate of drug-likeness (QED) is 0.662. The van der Waals surface area contributed by atoms with Gasteiger partial charge >= 0.3 is 6.18 Å². The van der Waals surface area contributed by atoms with E-state index in [1.165, 1.54) is 12.1 Å². The summed E-state index contributed by atoms with van der Waals surface area (Å²) in [4.78, 5) is 7.63. The number of alkyl halides is 3. The monoisotopic (exact) mass is 305 g/mol. The van der Waals surface area contributed by atoms with Crippen molar-refractivity contribution < 1.29 is 17.6 Å². The lowest BCUT2D eigenvalue weighted by Gasteiger charge is -2.11. The van der Waals surface area contributed by atoms with Crippen molar-refractivity contribution in [3.8, 4) is 0 Å². The van der Waals surface area contributed by atoms with Crippen LogP contribution < -0.4 is 5.32 Å². The molecule has 0 spiro atoms. The predicted octanol–water partition coefficient (Wildman–Crippen LogP) is 4.34. The fourth-order valence-corrected chi connectivity index (χ4v) is 1.79. The first-order chi connectivity index (χ1) is 9.25. The molecule has 0 bridgehead atoms. The van der Waals surface area contributed by atoms with Gasteiger partial charge in [-0.1, -0.05) is 0 Å². The summed E-state index contributed by atoms with van der Waals surface area (Å²) in [7, 11) is 0. The topological polar surface area (TPSA) is 37.8 Å². The van der Waals surface area contributed by atoms with Crippen LogP contribution in [0.5, 0.6) is 0 Å². The number of aromatic nitrogens is 2. The molecule has 1 heterocycles. The lowest BCUT2D eigenvalue weighted by Crippen LogP contribution is -2.08. The van der Waals surface area contributed by atoms with Crippen molar-refractivity contribution in [2.75, 3.05) is 5.32 Å². The van der Waals surface area contributed by atoms with Gasteiger partial charge in [0.05, 0.1) is 5.56 Å². The largest absolute Gasteiger partial charge is 0.419 e. The van der Waals surface area contributed by atoms with Gasteiger partial charge in [0.2, 0.25) is 5.28 Å². The molecule has 0 aliphatic heterocycles. The minimum absolute atomic E-state index is 0.0364. The highest BCUT2D eigenvalue weighted by Crippen LogP contribution is 2.33. The Kier molecular flexibility index (Phi) is 3.80. The zero-order valence-electron chi connectivity index (χ0n) is 10.1. The Morgan fingerprint density at radius 2 is 1.85 bits per heavy atom. The summed E-state index contributed by atoms with van der Waals surface area (Å²) >= 11 is 5.64. The number of rotatable bonds is 2. The Morgan fingerprint density at radius 1 is 1.15 bits per heavy atom. The molecule has 0 aliphatic rings. The molecule has 0 saturated carbocycles. The van der Waals surface area contributed by atoms with Crippen LogP contribution in [0.1, 0.15) is 11.3 Å². The van der Waals surface area contributed by atoms with E-state index in [4.69, 9.17) is 11.6 Å². The second-order valence-electron chi connectivity index (χ2n) is 3.98. The lowest BCUT2D eigenvalue weighted by atomic mass is 10.2. The van der Waals surface area contributed by atoms with Gasteiger partial charge in [0.15, 0.2) is 0 Å². The van der Waals surface area contributed by atoms with E-state index in [1.54, 1.807) is 6.92 Å². The molecule has 3 nitrogen and oxygen atoms in total. The summed E-state index contributed by atoms with van der Waals surface area (Å²) in [5.41, 5.74) is -0.752. The van der Waals surface area contributed by atoms with E-state index in [0.29, 0.717) is 11.8 Å². The average Bonchev–Trinajstić information content (AvgIpc) is 2.29. The van der Waals surface area contributed by atoms with E-state index in [1.807, 2.05) is 0 Å². The van der Waals surface area contributed by atoms with E-state index < -0.39 is 17.6 Å². The lowest BCUT2D eigenvalue weighted by molar-refractivity contribution is -0.139. The Labute approximate surface area is 116 Å². The van der Waals surface area contributed by atoms with Crippen LogP contribution in [0.25, 0.3) is 0 Å². The van der Waals surface area contributed by atoms with Crippen LogP contribution in [0.15, 0.2) is 24.3 Å². The number of nitrogens with zero attached hydrogens (tertiary/aromatic N) is 2. The molecule has 1 aromatic heterocycles. The zero-order valence-corrected chi connectivity index (χ0v) is 10.8. The van der Waals surface area contributed by atoms with Crippen molar-refractivity contribution in [1.82, 2.24) is 9.97 Å². The van der Waals surface area contributed by atoms with Crippen molar-refractivity contribution in [3.63, 3.8) is 0 Å². The van der Waals surface area contributed by atoms with Crippen molar-refractivity contribution in [2.45, 2.75) is 13.1 Å². The van der Waals surface area contributed by atoms with Crippen molar-refractivity contribution in [2.24, 2.45) is 0 Å². The Balaban J connectivity index is 2.35. The molecule has 0 atom stereocenters. The predicted molar refractivity (Wildman–Crippen MR) is 66.5 cm³/mol. The smallest absolute Gasteiger partial charge is 0.340 e. The number of halogens is 5. The average molecular weight is 306 g/mol. The fraction of sp³-hybridized carbons (Fsp3) is 0.167. The summed E-state index contributed by atoms with van der Waals surface area (Å²) in [6.45, 7) is 1.66. The van der Waals surface area contributed by atoms with Crippen LogP contribution in [0.2, 0.25) is 5.28 Å². The standard InChI is InChI=1S/C12H8ClF4N3/c1-6-4-10(20-11(13)18-6)19-7-2-3-9(14)8(5-7)12(15,16)17/h2-5H,1H3,(H,18,19,20). The van der Waals surface area contributed by atoms with Gasteiger partial charge < -0.3 is 5.32 Å². The highest BCUT2D eigenvalue weighted by Gasteiger charge is 2.34. The van der Waals surface area contributed by atoms with E-state index in [0.717, 1.165) is 6.07 Å². The summed E-state index contributed by atoms with van der Waals surface area (Å²) < 4.78 is 50.9. The van der Waals surface area contributed by atoms with Crippen molar-refractivity contribution >= 4 is 23.1 Å². The molecule has 1 N–H and O–H groups in total. The van der Waals surface area contributed by atoms with E-state index in [2.05, 4.69) is 15.3 Å². The maximum absolute atomic E-state index is 13.1. The minimum atomic E-state index is -4.76. The van der Waals surface area contributed by atoms with Gasteiger partial charge in [0, 0.05) is 17.4 Å². The molecule has 0 saturated heterocycles. The number of benzene rings is 1. The van der Waals surface area contributed by atoms with E-state index in [9.17, 15) is 17.6 Å². The molecule has 0 amide bonds. The molecule has 0 unspecified atom stereocenters. The number of hydrogen-bond acceptors (Lipinski definition) is 3. The van der Waals surface area contributed by atoms with Crippen molar-refractivity contribution in [1.29, 1.82) is 0 Å². The normalized spacial score (nSPS) is 11.5. The molecule has 20 heavy (non-hydrogen) atoms. The van der Waals surface area contributed by atoms with Gasteiger partial charge in [-0.2, -0.15) is 13.2 Å². The second kappa shape index (κ2) is 5.24. The molecule has 0 fully saturated rings. The van der Waals surface area contributed by atoms with Crippen LogP contribution in [-0.4, -0.2) is 9.97 Å². The first kappa shape index (κ1) is 14.5. The molecule has 0 radical (unpaired) electrons. The SMILES string of the molecule is Cc1cc(Nc2ccc(F)c(C(F)(F)F)c2)nc(Cl)n1. The second-order valence-corrected chi connectivity index (χ2v) is 4.32. The van der Waals surface area contributed by atoms with E-state index in [-0.39, 0.29) is 16.8 Å². The fourth-order valence-electron chi connectivity index (χ4n) is 1.56. The molecular weight excluding hydrogens is 298 g/mol. The molecule has 8 heteroatoms. The van der Waals surface area contributed by atoms with Gasteiger partial charge in [-0.3, -0.25) is 0 Å². The number of anilines is 2. The zero-order chi connectivity index (χ0) is 14.9. The molecular formula is C12H8ClF4N3. The maximum Gasteiger partial charge on any atom is 0.419 e.